The quantitative estimate of drug-likeness (QED) is 0.803. The number of anilines is 1. The maximum atomic E-state index is 11.5. The molecule has 0 aromatic heterocycles. The molecule has 1 amide bonds. The van der Waals surface area contributed by atoms with E-state index in [1.54, 1.807) is 29.2 Å². The van der Waals surface area contributed by atoms with Gasteiger partial charge in [0.25, 0.3) is 0 Å². The van der Waals surface area contributed by atoms with Gasteiger partial charge in [-0.05, 0) is 18.6 Å². The number of carbonyl (C=O) groups excluding carboxylic acids is 1. The molecule has 1 aromatic rings. The van der Waals surface area contributed by atoms with Crippen molar-refractivity contribution in [1.29, 1.82) is 0 Å². The second-order valence-corrected chi connectivity index (χ2v) is 3.47. The Hall–Kier alpha value is -1.22. The largest absolute Gasteiger partial charge is 0.508 e. The predicted octanol–water partition coefficient (Wildman–Crippen LogP) is 2.37. The summed E-state index contributed by atoms with van der Waals surface area (Å²) in [5, 5.41) is 9.31. The minimum absolute atomic E-state index is 0.0460. The lowest BCUT2D eigenvalue weighted by atomic mass is 10.2. The average molecular weight is 228 g/mol. The molecule has 1 N–H and O–H groups in total. The molecule has 0 aliphatic rings. The molecule has 0 aliphatic heterocycles. The number of amides is 1. The molecular weight excluding hydrogens is 214 g/mol. The lowest BCUT2D eigenvalue weighted by Gasteiger charge is -2.21. The molecule has 0 saturated carbocycles. The molecule has 0 heterocycles. The van der Waals surface area contributed by atoms with Crippen LogP contribution in [0.15, 0.2) is 24.3 Å². The van der Waals surface area contributed by atoms with Crippen molar-refractivity contribution in [3.05, 3.63) is 24.3 Å². The van der Waals surface area contributed by atoms with Gasteiger partial charge in [0.15, 0.2) is 0 Å². The van der Waals surface area contributed by atoms with Crippen LogP contribution in [0.2, 0.25) is 0 Å². The number of alkyl halides is 1. The van der Waals surface area contributed by atoms with Crippen LogP contribution in [0.5, 0.6) is 5.75 Å². The molecule has 0 unspecified atom stereocenters. The molecule has 0 spiro atoms. The number of aromatic hydroxyl groups is 1. The van der Waals surface area contributed by atoms with Gasteiger partial charge in [0.2, 0.25) is 5.91 Å². The Labute approximate surface area is 94.3 Å². The number of phenolic OH excluding ortho intramolecular Hbond substituents is 1. The van der Waals surface area contributed by atoms with Gasteiger partial charge in [-0.15, -0.1) is 11.6 Å². The Kier molecular flexibility index (Phi) is 4.43. The second kappa shape index (κ2) is 5.61. The Morgan fingerprint density at radius 2 is 2.27 bits per heavy atom. The third-order valence-electron chi connectivity index (χ3n) is 2.00. The van der Waals surface area contributed by atoms with Crippen molar-refractivity contribution in [2.75, 3.05) is 17.3 Å². The molecule has 4 heteroatoms. The summed E-state index contributed by atoms with van der Waals surface area (Å²) in [7, 11) is 0. The van der Waals surface area contributed by atoms with E-state index in [4.69, 9.17) is 11.6 Å². The van der Waals surface area contributed by atoms with Crippen LogP contribution >= 0.6 is 11.6 Å². The zero-order valence-electron chi connectivity index (χ0n) is 8.61. The number of nitrogens with zero attached hydrogens (tertiary/aromatic N) is 1. The summed E-state index contributed by atoms with van der Waals surface area (Å²) in [4.78, 5) is 13.1. The van der Waals surface area contributed by atoms with Gasteiger partial charge in [0, 0.05) is 18.3 Å². The number of hydrogen-bond donors (Lipinski definition) is 1. The van der Waals surface area contributed by atoms with Crippen LogP contribution in [0.25, 0.3) is 0 Å². The van der Waals surface area contributed by atoms with Gasteiger partial charge in [-0.3, -0.25) is 4.79 Å². The van der Waals surface area contributed by atoms with Gasteiger partial charge < -0.3 is 10.0 Å². The molecule has 1 aromatic carbocycles. The monoisotopic (exact) mass is 227 g/mol. The van der Waals surface area contributed by atoms with Crippen molar-refractivity contribution in [3.63, 3.8) is 0 Å². The predicted molar refractivity (Wildman–Crippen MR) is 61.5 cm³/mol. The van der Waals surface area contributed by atoms with E-state index in [0.717, 1.165) is 6.42 Å². The fourth-order valence-corrected chi connectivity index (χ4v) is 1.50. The molecule has 0 saturated heterocycles. The molecule has 3 nitrogen and oxygen atoms in total. The minimum Gasteiger partial charge on any atom is -0.508 e. The highest BCUT2D eigenvalue weighted by Gasteiger charge is 2.13. The van der Waals surface area contributed by atoms with Gasteiger partial charge in [-0.2, -0.15) is 0 Å². The average Bonchev–Trinajstić information content (AvgIpc) is 2.25. The van der Waals surface area contributed by atoms with E-state index < -0.39 is 0 Å². The number of benzene rings is 1. The third-order valence-corrected chi connectivity index (χ3v) is 2.23. The van der Waals surface area contributed by atoms with Crippen LogP contribution in [-0.2, 0) is 4.79 Å². The Morgan fingerprint density at radius 3 is 2.80 bits per heavy atom. The first kappa shape index (κ1) is 11.9. The number of phenols is 1. The maximum absolute atomic E-state index is 11.5. The van der Waals surface area contributed by atoms with Crippen molar-refractivity contribution in [3.8, 4) is 5.75 Å². The standard InChI is InChI=1S/C11H14ClNO2/c1-2-6-13(11(15)8-12)9-4-3-5-10(14)7-9/h3-5,7,14H,2,6,8H2,1H3. The van der Waals surface area contributed by atoms with Gasteiger partial charge in [0.1, 0.15) is 11.6 Å². The zero-order valence-corrected chi connectivity index (χ0v) is 9.37. The van der Waals surface area contributed by atoms with Crippen molar-refractivity contribution in [2.24, 2.45) is 0 Å². The summed E-state index contributed by atoms with van der Waals surface area (Å²) in [5.74, 6) is -0.0459. The number of hydrogen-bond acceptors (Lipinski definition) is 2. The van der Waals surface area contributed by atoms with E-state index in [0.29, 0.717) is 12.2 Å². The van der Waals surface area contributed by atoms with Crippen LogP contribution < -0.4 is 4.90 Å². The number of carbonyl (C=O) groups is 1. The summed E-state index contributed by atoms with van der Waals surface area (Å²) in [5.41, 5.74) is 0.683. The van der Waals surface area contributed by atoms with Crippen LogP contribution in [-0.4, -0.2) is 23.4 Å². The van der Waals surface area contributed by atoms with Crippen LogP contribution in [0.3, 0.4) is 0 Å². The summed E-state index contributed by atoms with van der Waals surface area (Å²) in [6.07, 6.45) is 0.846. The molecule has 0 aliphatic carbocycles. The molecular formula is C11H14ClNO2. The summed E-state index contributed by atoms with van der Waals surface area (Å²) >= 11 is 5.52. The van der Waals surface area contributed by atoms with Crippen molar-refractivity contribution in [2.45, 2.75) is 13.3 Å². The number of rotatable bonds is 4. The van der Waals surface area contributed by atoms with E-state index in [1.165, 1.54) is 0 Å². The number of halogens is 1. The zero-order chi connectivity index (χ0) is 11.3. The highest BCUT2D eigenvalue weighted by atomic mass is 35.5. The molecule has 82 valence electrons. The lowest BCUT2D eigenvalue weighted by molar-refractivity contribution is -0.116. The van der Waals surface area contributed by atoms with Crippen molar-refractivity contribution < 1.29 is 9.90 Å². The maximum Gasteiger partial charge on any atom is 0.241 e. The first-order valence-electron chi connectivity index (χ1n) is 4.84. The molecule has 0 atom stereocenters. The SMILES string of the molecule is CCCN(C(=O)CCl)c1cccc(O)c1. The van der Waals surface area contributed by atoms with E-state index in [2.05, 4.69) is 0 Å². The first-order chi connectivity index (χ1) is 7.19. The summed E-state index contributed by atoms with van der Waals surface area (Å²) < 4.78 is 0. The highest BCUT2D eigenvalue weighted by molar-refractivity contribution is 6.29. The Balaban J connectivity index is 2.93. The third kappa shape index (κ3) is 3.13. The smallest absolute Gasteiger partial charge is 0.241 e. The van der Waals surface area contributed by atoms with Crippen LogP contribution in [0, 0.1) is 0 Å². The van der Waals surface area contributed by atoms with E-state index in [-0.39, 0.29) is 17.5 Å². The fraction of sp³-hybridized carbons (Fsp3) is 0.364. The fourth-order valence-electron chi connectivity index (χ4n) is 1.35. The summed E-state index contributed by atoms with van der Waals surface area (Å²) in [6.45, 7) is 2.59. The Bertz CT molecular complexity index is 341. The molecule has 0 bridgehead atoms. The highest BCUT2D eigenvalue weighted by Crippen LogP contribution is 2.20. The van der Waals surface area contributed by atoms with Gasteiger partial charge >= 0.3 is 0 Å². The van der Waals surface area contributed by atoms with Gasteiger partial charge in [0.05, 0.1) is 0 Å². The van der Waals surface area contributed by atoms with Crippen LogP contribution in [0.1, 0.15) is 13.3 Å². The molecule has 1 rings (SSSR count). The van der Waals surface area contributed by atoms with E-state index in [9.17, 15) is 9.90 Å². The molecule has 15 heavy (non-hydrogen) atoms. The normalized spacial score (nSPS) is 10.0. The second-order valence-electron chi connectivity index (χ2n) is 3.20. The van der Waals surface area contributed by atoms with Gasteiger partial charge in [-0.25, -0.2) is 0 Å². The van der Waals surface area contributed by atoms with Crippen LogP contribution in [0.4, 0.5) is 5.69 Å². The van der Waals surface area contributed by atoms with E-state index >= 15 is 0 Å². The Morgan fingerprint density at radius 1 is 1.53 bits per heavy atom. The lowest BCUT2D eigenvalue weighted by Crippen LogP contribution is -2.32. The summed E-state index contributed by atoms with van der Waals surface area (Å²) in [6, 6.07) is 6.60. The van der Waals surface area contributed by atoms with Crippen molar-refractivity contribution >= 4 is 23.2 Å². The van der Waals surface area contributed by atoms with Gasteiger partial charge in [-0.1, -0.05) is 13.0 Å². The van der Waals surface area contributed by atoms with E-state index in [1.807, 2.05) is 6.92 Å². The molecule has 0 radical (unpaired) electrons. The first-order valence-corrected chi connectivity index (χ1v) is 5.37. The topological polar surface area (TPSA) is 40.5 Å². The van der Waals surface area contributed by atoms with Crippen molar-refractivity contribution in [1.82, 2.24) is 0 Å². The molecule has 0 fully saturated rings. The minimum atomic E-state index is -0.149.